The number of carbonyl (C=O) groups excluding carboxylic acids is 2. The second-order valence-electron chi connectivity index (χ2n) is 6.87. The fourth-order valence-corrected chi connectivity index (χ4v) is 2.89. The Kier molecular flexibility index (Phi) is 7.42. The number of nitrogens with zero attached hydrogens (tertiary/aromatic N) is 1. The van der Waals surface area contributed by atoms with Gasteiger partial charge in [-0.3, -0.25) is 9.59 Å². The van der Waals surface area contributed by atoms with Gasteiger partial charge >= 0.3 is 0 Å². The van der Waals surface area contributed by atoms with Gasteiger partial charge in [-0.05, 0) is 57.4 Å². The average molecular weight is 333 g/mol. The molecular formula is C19H31N3O2. The second kappa shape index (κ2) is 8.83. The van der Waals surface area contributed by atoms with Gasteiger partial charge in [-0.1, -0.05) is 13.8 Å². The van der Waals surface area contributed by atoms with Crippen molar-refractivity contribution in [2.75, 3.05) is 19.6 Å². The summed E-state index contributed by atoms with van der Waals surface area (Å²) in [5, 5.41) is 3.03. The fourth-order valence-electron chi connectivity index (χ4n) is 2.89. The van der Waals surface area contributed by atoms with Crippen LogP contribution in [0.1, 0.15) is 61.8 Å². The molecule has 0 saturated heterocycles. The van der Waals surface area contributed by atoms with Crippen LogP contribution in [0.2, 0.25) is 0 Å². The van der Waals surface area contributed by atoms with E-state index in [1.807, 2.05) is 20.8 Å². The Morgan fingerprint density at radius 2 is 1.62 bits per heavy atom. The fraction of sp³-hybridized carbons (Fsp3) is 0.579. The highest BCUT2D eigenvalue weighted by Crippen LogP contribution is 2.16. The van der Waals surface area contributed by atoms with Crippen LogP contribution < -0.4 is 11.1 Å². The van der Waals surface area contributed by atoms with Gasteiger partial charge in [-0.2, -0.15) is 0 Å². The summed E-state index contributed by atoms with van der Waals surface area (Å²) in [5.41, 5.74) is 6.55. The summed E-state index contributed by atoms with van der Waals surface area (Å²) in [7, 11) is 0. The Balaban J connectivity index is 2.85. The number of carbonyl (C=O) groups is 2. The van der Waals surface area contributed by atoms with Crippen molar-refractivity contribution in [3.63, 3.8) is 0 Å². The summed E-state index contributed by atoms with van der Waals surface area (Å²) in [6, 6.07) is 6.80. The van der Waals surface area contributed by atoms with Crippen LogP contribution in [0.3, 0.4) is 0 Å². The predicted octanol–water partition coefficient (Wildman–Crippen LogP) is 2.66. The summed E-state index contributed by atoms with van der Waals surface area (Å²) in [6.07, 6.45) is 0.813. The molecule has 0 aliphatic rings. The van der Waals surface area contributed by atoms with Crippen LogP contribution in [0.4, 0.5) is 0 Å². The van der Waals surface area contributed by atoms with E-state index < -0.39 is 5.54 Å². The number of rotatable bonds is 8. The largest absolute Gasteiger partial charge is 0.346 e. The molecule has 0 aliphatic heterocycles. The molecule has 5 heteroatoms. The van der Waals surface area contributed by atoms with Gasteiger partial charge < -0.3 is 16.0 Å². The Bertz CT molecular complexity index is 550. The first-order valence-corrected chi connectivity index (χ1v) is 8.68. The van der Waals surface area contributed by atoms with Crippen molar-refractivity contribution in [2.24, 2.45) is 11.7 Å². The van der Waals surface area contributed by atoms with Crippen LogP contribution in [0.25, 0.3) is 0 Å². The topological polar surface area (TPSA) is 75.4 Å². The molecule has 2 amide bonds. The van der Waals surface area contributed by atoms with Gasteiger partial charge in [0, 0.05) is 36.3 Å². The normalized spacial score (nSPS) is 13.5. The molecule has 3 N–H and O–H groups in total. The lowest BCUT2D eigenvalue weighted by atomic mass is 9.90. The number of amides is 2. The smallest absolute Gasteiger partial charge is 0.253 e. The number of hydrogen-bond donors (Lipinski definition) is 2. The Labute approximate surface area is 145 Å². The number of nitrogens with two attached hydrogens (primary N) is 1. The van der Waals surface area contributed by atoms with Crippen molar-refractivity contribution in [1.29, 1.82) is 0 Å². The second-order valence-corrected chi connectivity index (χ2v) is 6.87. The molecular weight excluding hydrogens is 302 g/mol. The Morgan fingerprint density at radius 3 is 2.04 bits per heavy atom. The summed E-state index contributed by atoms with van der Waals surface area (Å²) < 4.78 is 0. The zero-order valence-electron chi connectivity index (χ0n) is 15.6. The maximum absolute atomic E-state index is 12.5. The third-order valence-electron chi connectivity index (χ3n) is 4.17. The molecule has 0 aliphatic carbocycles. The molecule has 0 fully saturated rings. The summed E-state index contributed by atoms with van der Waals surface area (Å²) in [4.78, 5) is 26.5. The Morgan fingerprint density at radius 1 is 1.12 bits per heavy atom. The van der Waals surface area contributed by atoms with Crippen molar-refractivity contribution in [3.05, 3.63) is 35.4 Å². The first kappa shape index (κ1) is 20.2. The van der Waals surface area contributed by atoms with Gasteiger partial charge in [0.15, 0.2) is 0 Å². The third-order valence-corrected chi connectivity index (χ3v) is 4.17. The van der Waals surface area contributed by atoms with E-state index in [2.05, 4.69) is 19.2 Å². The molecule has 1 rings (SSSR count). The van der Waals surface area contributed by atoms with Crippen molar-refractivity contribution in [2.45, 2.75) is 46.6 Å². The molecule has 24 heavy (non-hydrogen) atoms. The molecule has 0 radical (unpaired) electrons. The SMILES string of the molecule is CCN(CC)C(=O)c1ccc(C(=O)NC(C)(CN)CC(C)C)cc1. The molecule has 0 bridgehead atoms. The highest BCUT2D eigenvalue weighted by molar-refractivity contribution is 5.98. The van der Waals surface area contributed by atoms with E-state index in [9.17, 15) is 9.59 Å². The third kappa shape index (κ3) is 5.34. The van der Waals surface area contributed by atoms with Crippen molar-refractivity contribution < 1.29 is 9.59 Å². The standard InChI is InChI=1S/C19H31N3O2/c1-6-22(7-2)18(24)16-10-8-15(9-11-16)17(23)21-19(5,13-20)12-14(3)4/h8-11,14H,6-7,12-13,20H2,1-5H3,(H,21,23). The average Bonchev–Trinajstić information content (AvgIpc) is 2.55. The van der Waals surface area contributed by atoms with E-state index >= 15 is 0 Å². The number of hydrogen-bond acceptors (Lipinski definition) is 3. The quantitative estimate of drug-likeness (QED) is 0.768. The van der Waals surface area contributed by atoms with E-state index in [1.54, 1.807) is 29.2 Å². The summed E-state index contributed by atoms with van der Waals surface area (Å²) >= 11 is 0. The maximum atomic E-state index is 12.5. The van der Waals surface area contributed by atoms with Crippen LogP contribution >= 0.6 is 0 Å². The lowest BCUT2D eigenvalue weighted by molar-refractivity contribution is 0.0771. The van der Waals surface area contributed by atoms with Gasteiger partial charge in [0.25, 0.3) is 11.8 Å². The van der Waals surface area contributed by atoms with Crippen molar-refractivity contribution >= 4 is 11.8 Å². The zero-order valence-corrected chi connectivity index (χ0v) is 15.6. The highest BCUT2D eigenvalue weighted by Gasteiger charge is 2.26. The Hall–Kier alpha value is -1.88. The van der Waals surface area contributed by atoms with Crippen LogP contribution in [0.5, 0.6) is 0 Å². The van der Waals surface area contributed by atoms with Gasteiger partial charge in [0.2, 0.25) is 0 Å². The van der Waals surface area contributed by atoms with E-state index in [0.29, 0.717) is 36.7 Å². The van der Waals surface area contributed by atoms with Crippen LogP contribution in [-0.4, -0.2) is 41.9 Å². The molecule has 1 aromatic carbocycles. The van der Waals surface area contributed by atoms with Crippen LogP contribution in [0, 0.1) is 5.92 Å². The minimum atomic E-state index is -0.430. The summed E-state index contributed by atoms with van der Waals surface area (Å²) in [6.45, 7) is 11.8. The lowest BCUT2D eigenvalue weighted by Gasteiger charge is -2.31. The highest BCUT2D eigenvalue weighted by atomic mass is 16.2. The van der Waals surface area contributed by atoms with Crippen LogP contribution in [0.15, 0.2) is 24.3 Å². The molecule has 0 spiro atoms. The molecule has 0 aromatic heterocycles. The van der Waals surface area contributed by atoms with Gasteiger partial charge in [-0.25, -0.2) is 0 Å². The first-order chi connectivity index (χ1) is 11.3. The minimum Gasteiger partial charge on any atom is -0.346 e. The summed E-state index contributed by atoms with van der Waals surface area (Å²) in [5.74, 6) is 0.261. The maximum Gasteiger partial charge on any atom is 0.253 e. The van der Waals surface area contributed by atoms with Crippen molar-refractivity contribution in [1.82, 2.24) is 10.2 Å². The molecule has 0 saturated carbocycles. The van der Waals surface area contributed by atoms with Gasteiger partial charge in [0.05, 0.1) is 0 Å². The van der Waals surface area contributed by atoms with E-state index in [4.69, 9.17) is 5.73 Å². The van der Waals surface area contributed by atoms with Crippen LogP contribution in [-0.2, 0) is 0 Å². The molecule has 134 valence electrons. The van der Waals surface area contributed by atoms with Crippen molar-refractivity contribution in [3.8, 4) is 0 Å². The van der Waals surface area contributed by atoms with Gasteiger partial charge in [-0.15, -0.1) is 0 Å². The van der Waals surface area contributed by atoms with E-state index in [-0.39, 0.29) is 11.8 Å². The monoisotopic (exact) mass is 333 g/mol. The predicted molar refractivity (Wildman–Crippen MR) is 98.1 cm³/mol. The molecule has 5 nitrogen and oxygen atoms in total. The number of nitrogens with one attached hydrogen (secondary N) is 1. The molecule has 0 heterocycles. The van der Waals surface area contributed by atoms with E-state index in [0.717, 1.165) is 6.42 Å². The zero-order chi connectivity index (χ0) is 18.3. The molecule has 1 atom stereocenters. The molecule has 1 unspecified atom stereocenters. The number of benzene rings is 1. The van der Waals surface area contributed by atoms with E-state index in [1.165, 1.54) is 0 Å². The molecule has 1 aromatic rings. The minimum absolute atomic E-state index is 0.0152. The van der Waals surface area contributed by atoms with Gasteiger partial charge in [0.1, 0.15) is 0 Å². The first-order valence-electron chi connectivity index (χ1n) is 8.68. The lowest BCUT2D eigenvalue weighted by Crippen LogP contribution is -2.52.